The molecule has 1 heterocycles. The van der Waals surface area contributed by atoms with Crippen molar-refractivity contribution in [3.05, 3.63) is 54.1 Å². The highest BCUT2D eigenvalue weighted by Crippen LogP contribution is 2.48. The van der Waals surface area contributed by atoms with E-state index in [1.54, 1.807) is 0 Å². The fraction of sp³-hybridized carbons (Fsp3) is 0.423. The lowest BCUT2D eigenvalue weighted by Gasteiger charge is -2.41. The summed E-state index contributed by atoms with van der Waals surface area (Å²) in [6.07, 6.45) is 1.61. The third kappa shape index (κ3) is 3.89. The van der Waals surface area contributed by atoms with E-state index in [-0.39, 0.29) is 17.1 Å². The zero-order valence-corrected chi connectivity index (χ0v) is 19.1. The molecule has 1 saturated carbocycles. The fourth-order valence-corrected chi connectivity index (χ4v) is 4.88. The second-order valence-corrected chi connectivity index (χ2v) is 9.60. The van der Waals surface area contributed by atoms with Crippen LogP contribution in [0.5, 0.6) is 0 Å². The van der Waals surface area contributed by atoms with E-state index < -0.39 is 12.0 Å². The zero-order valence-electron chi connectivity index (χ0n) is 19.1. The van der Waals surface area contributed by atoms with E-state index in [1.807, 2.05) is 55.1 Å². The summed E-state index contributed by atoms with van der Waals surface area (Å²) in [4.78, 5) is 35.7. The van der Waals surface area contributed by atoms with Crippen molar-refractivity contribution in [2.45, 2.75) is 46.1 Å². The molecule has 2 atom stereocenters. The number of rotatable bonds is 3. The van der Waals surface area contributed by atoms with Crippen LogP contribution in [0.3, 0.4) is 0 Å². The van der Waals surface area contributed by atoms with Crippen LogP contribution in [0.25, 0.3) is 0 Å². The van der Waals surface area contributed by atoms with E-state index in [1.165, 1.54) is 0 Å². The predicted molar refractivity (Wildman–Crippen MR) is 126 cm³/mol. The maximum atomic E-state index is 13.5. The van der Waals surface area contributed by atoms with Crippen molar-refractivity contribution in [1.29, 1.82) is 0 Å². The standard InChI is InChI=1S/C26H31N3O2/c1-6-23(31)29-21-10-8-7-9-19(21)27-20-15-26(2,3)16-22(30)24(20)25(29)17-11-13-18(14-12-17)28(4)5/h7-14,24-25H,6,15-16H2,1-5H3/t24?,25-/m0/s1. The Kier molecular flexibility index (Phi) is 5.46. The Hall–Kier alpha value is -2.95. The Bertz CT molecular complexity index is 1040. The number of aliphatic imine (C=N–C) groups is 1. The van der Waals surface area contributed by atoms with Gasteiger partial charge in [0.25, 0.3) is 0 Å². The Morgan fingerprint density at radius 3 is 2.42 bits per heavy atom. The summed E-state index contributed by atoms with van der Waals surface area (Å²) >= 11 is 0. The first-order chi connectivity index (χ1) is 14.7. The highest BCUT2D eigenvalue weighted by molar-refractivity contribution is 6.13. The molecule has 5 nitrogen and oxygen atoms in total. The SMILES string of the molecule is CCC(=O)N1c2ccccc2N=C2CC(C)(C)CC(=O)C2[C@@H]1c1ccc(N(C)C)cc1. The van der Waals surface area contributed by atoms with Crippen molar-refractivity contribution in [3.63, 3.8) is 0 Å². The number of anilines is 2. The summed E-state index contributed by atoms with van der Waals surface area (Å²) in [5, 5.41) is 0. The van der Waals surface area contributed by atoms with E-state index in [0.717, 1.165) is 34.8 Å². The number of ketones is 1. The molecule has 2 aromatic rings. The Balaban J connectivity index is 1.94. The molecule has 0 spiro atoms. The van der Waals surface area contributed by atoms with E-state index >= 15 is 0 Å². The summed E-state index contributed by atoms with van der Waals surface area (Å²) in [7, 11) is 4.00. The Morgan fingerprint density at radius 2 is 1.77 bits per heavy atom. The van der Waals surface area contributed by atoms with Gasteiger partial charge in [0.05, 0.1) is 23.3 Å². The number of carbonyl (C=O) groups excluding carboxylic acids is 2. The van der Waals surface area contributed by atoms with Crippen molar-refractivity contribution < 1.29 is 9.59 Å². The second kappa shape index (κ2) is 7.95. The molecule has 0 radical (unpaired) electrons. The average Bonchev–Trinajstić information content (AvgIpc) is 2.86. The molecule has 1 unspecified atom stereocenters. The van der Waals surface area contributed by atoms with Gasteiger partial charge >= 0.3 is 0 Å². The maximum Gasteiger partial charge on any atom is 0.227 e. The second-order valence-electron chi connectivity index (χ2n) is 9.60. The summed E-state index contributed by atoms with van der Waals surface area (Å²) in [6, 6.07) is 15.6. The van der Waals surface area contributed by atoms with Gasteiger partial charge in [-0.1, -0.05) is 45.0 Å². The van der Waals surface area contributed by atoms with E-state index in [2.05, 4.69) is 38.1 Å². The lowest BCUT2D eigenvalue weighted by molar-refractivity contribution is -0.125. The van der Waals surface area contributed by atoms with Gasteiger partial charge in [0, 0.05) is 38.3 Å². The monoisotopic (exact) mass is 417 g/mol. The molecule has 0 aromatic heterocycles. The number of amides is 1. The minimum atomic E-state index is -0.430. The van der Waals surface area contributed by atoms with E-state index in [4.69, 9.17) is 4.99 Å². The number of benzene rings is 2. The molecule has 1 amide bonds. The largest absolute Gasteiger partial charge is 0.378 e. The van der Waals surface area contributed by atoms with Gasteiger partial charge in [-0.15, -0.1) is 0 Å². The van der Waals surface area contributed by atoms with Crippen molar-refractivity contribution in [2.75, 3.05) is 23.9 Å². The molecular weight excluding hydrogens is 386 g/mol. The third-order valence-electron chi connectivity index (χ3n) is 6.34. The molecule has 162 valence electrons. The third-order valence-corrected chi connectivity index (χ3v) is 6.34. The molecule has 1 fully saturated rings. The first-order valence-electron chi connectivity index (χ1n) is 11.0. The summed E-state index contributed by atoms with van der Waals surface area (Å²) in [5.74, 6) is -0.261. The highest BCUT2D eigenvalue weighted by Gasteiger charge is 2.47. The molecule has 1 aliphatic carbocycles. The summed E-state index contributed by atoms with van der Waals surface area (Å²) < 4.78 is 0. The Morgan fingerprint density at radius 1 is 1.10 bits per heavy atom. The van der Waals surface area contributed by atoms with Crippen LogP contribution in [0.2, 0.25) is 0 Å². The minimum absolute atomic E-state index is 0.00298. The summed E-state index contributed by atoms with van der Waals surface area (Å²) in [6.45, 7) is 6.11. The van der Waals surface area contributed by atoms with Crippen LogP contribution in [-0.2, 0) is 9.59 Å². The number of hydrogen-bond acceptors (Lipinski definition) is 4. The molecular formula is C26H31N3O2. The van der Waals surface area contributed by atoms with Crippen molar-refractivity contribution in [3.8, 4) is 0 Å². The van der Waals surface area contributed by atoms with Crippen LogP contribution in [-0.4, -0.2) is 31.5 Å². The first kappa shape index (κ1) is 21.3. The van der Waals surface area contributed by atoms with Crippen LogP contribution in [0.15, 0.2) is 53.5 Å². The molecule has 2 aromatic carbocycles. The molecule has 2 aliphatic rings. The van der Waals surface area contributed by atoms with Crippen molar-refractivity contribution >= 4 is 34.5 Å². The van der Waals surface area contributed by atoms with E-state index in [0.29, 0.717) is 12.8 Å². The van der Waals surface area contributed by atoms with Crippen LogP contribution < -0.4 is 9.80 Å². The fourth-order valence-electron chi connectivity index (χ4n) is 4.88. The molecule has 5 heteroatoms. The summed E-state index contributed by atoms with van der Waals surface area (Å²) in [5.41, 5.74) is 4.35. The lowest BCUT2D eigenvalue weighted by Crippen LogP contribution is -2.47. The van der Waals surface area contributed by atoms with Gasteiger partial charge < -0.3 is 9.80 Å². The quantitative estimate of drug-likeness (QED) is 0.678. The minimum Gasteiger partial charge on any atom is -0.378 e. The van der Waals surface area contributed by atoms with Crippen molar-refractivity contribution in [2.24, 2.45) is 16.3 Å². The van der Waals surface area contributed by atoms with Gasteiger partial charge in [-0.25, -0.2) is 0 Å². The van der Waals surface area contributed by atoms with E-state index in [9.17, 15) is 9.59 Å². The smallest absolute Gasteiger partial charge is 0.227 e. The molecule has 0 bridgehead atoms. The molecule has 0 saturated heterocycles. The number of fused-ring (bicyclic) bond motifs is 2. The number of para-hydroxylation sites is 2. The van der Waals surface area contributed by atoms with Gasteiger partial charge in [-0.05, 0) is 41.7 Å². The average molecular weight is 418 g/mol. The van der Waals surface area contributed by atoms with Gasteiger partial charge in [-0.3, -0.25) is 14.6 Å². The topological polar surface area (TPSA) is 53.0 Å². The van der Waals surface area contributed by atoms with Gasteiger partial charge in [0.15, 0.2) is 0 Å². The van der Waals surface area contributed by atoms with Crippen LogP contribution in [0.1, 0.15) is 51.6 Å². The van der Waals surface area contributed by atoms with Crippen LogP contribution >= 0.6 is 0 Å². The number of nitrogens with zero attached hydrogens (tertiary/aromatic N) is 3. The Labute approximate surface area is 184 Å². The predicted octanol–water partition coefficient (Wildman–Crippen LogP) is 5.33. The van der Waals surface area contributed by atoms with Crippen LogP contribution in [0.4, 0.5) is 17.1 Å². The normalized spacial score (nSPS) is 22.2. The number of hydrogen-bond donors (Lipinski definition) is 0. The highest BCUT2D eigenvalue weighted by atomic mass is 16.2. The molecule has 1 aliphatic heterocycles. The van der Waals surface area contributed by atoms with Crippen molar-refractivity contribution in [1.82, 2.24) is 0 Å². The molecule has 0 N–H and O–H groups in total. The lowest BCUT2D eigenvalue weighted by atomic mass is 9.68. The molecule has 4 rings (SSSR count). The van der Waals surface area contributed by atoms with Crippen LogP contribution in [0, 0.1) is 11.3 Å². The van der Waals surface area contributed by atoms with Gasteiger partial charge in [-0.2, -0.15) is 0 Å². The maximum absolute atomic E-state index is 13.5. The van der Waals surface area contributed by atoms with Gasteiger partial charge in [0.1, 0.15) is 5.78 Å². The van der Waals surface area contributed by atoms with Gasteiger partial charge in [0.2, 0.25) is 5.91 Å². The first-order valence-corrected chi connectivity index (χ1v) is 11.0. The number of carbonyl (C=O) groups is 2. The molecule has 31 heavy (non-hydrogen) atoms. The zero-order chi connectivity index (χ0) is 22.3. The number of Topliss-reactive ketones (excluding diaryl/α,β-unsaturated/α-hetero) is 1.